The first kappa shape index (κ1) is 30.2. The van der Waals surface area contributed by atoms with Gasteiger partial charge in [-0.3, -0.25) is 0 Å². The molecule has 0 saturated heterocycles. The highest BCUT2D eigenvalue weighted by Gasteiger charge is 2.47. The normalized spacial score (nSPS) is 14.9. The molecule has 0 radical (unpaired) electrons. The van der Waals surface area contributed by atoms with E-state index in [2.05, 4.69) is 205 Å². The maximum absolute atomic E-state index is 2.45. The molecule has 53 heavy (non-hydrogen) atoms. The van der Waals surface area contributed by atoms with Crippen LogP contribution in [-0.2, 0) is 5.41 Å². The Labute approximate surface area is 312 Å². The number of anilines is 3. The van der Waals surface area contributed by atoms with Crippen molar-refractivity contribution >= 4 is 70.1 Å². The highest BCUT2D eigenvalue weighted by Crippen LogP contribution is 2.59. The molecule has 1 unspecified atom stereocenters. The minimum atomic E-state index is -0.507. The molecule has 0 bridgehead atoms. The highest BCUT2D eigenvalue weighted by atomic mass is 32.1. The van der Waals surface area contributed by atoms with E-state index in [4.69, 9.17) is 0 Å². The molecule has 10 aromatic rings. The van der Waals surface area contributed by atoms with Crippen LogP contribution in [0.3, 0.4) is 0 Å². The Bertz CT molecular complexity index is 2980. The van der Waals surface area contributed by atoms with Crippen LogP contribution in [0.1, 0.15) is 22.3 Å². The maximum atomic E-state index is 2.45. The van der Waals surface area contributed by atoms with Crippen molar-refractivity contribution in [3.8, 4) is 11.1 Å². The summed E-state index contributed by atoms with van der Waals surface area (Å²) in [6.07, 6.45) is 0. The van der Waals surface area contributed by atoms with Gasteiger partial charge in [0.15, 0.2) is 0 Å². The Morgan fingerprint density at radius 2 is 0.962 bits per heavy atom. The predicted octanol–water partition coefficient (Wildman–Crippen LogP) is 14.2. The summed E-state index contributed by atoms with van der Waals surface area (Å²) in [6.45, 7) is 0. The first-order valence-corrected chi connectivity index (χ1v) is 19.1. The van der Waals surface area contributed by atoms with Crippen molar-refractivity contribution in [2.45, 2.75) is 5.41 Å². The third kappa shape index (κ3) is 4.49. The lowest BCUT2D eigenvalue weighted by molar-refractivity contribution is 0.772. The van der Waals surface area contributed by atoms with Crippen LogP contribution < -0.4 is 4.90 Å². The van der Waals surface area contributed by atoms with Crippen LogP contribution in [-0.4, -0.2) is 0 Å². The fraction of sp³-hybridized carbons (Fsp3) is 0.0196. The number of para-hydroxylation sites is 2. The number of rotatable bonds is 5. The van der Waals surface area contributed by atoms with Crippen molar-refractivity contribution in [2.24, 2.45) is 0 Å². The molecule has 0 amide bonds. The second-order valence-corrected chi connectivity index (χ2v) is 15.1. The van der Waals surface area contributed by atoms with Gasteiger partial charge in [0.1, 0.15) is 0 Å². The molecule has 1 heterocycles. The van der Waals surface area contributed by atoms with Gasteiger partial charge in [-0.15, -0.1) is 11.3 Å². The second kappa shape index (κ2) is 11.8. The van der Waals surface area contributed by atoms with E-state index in [0.29, 0.717) is 0 Å². The number of thiophene rings is 1. The number of hydrogen-bond donors (Lipinski definition) is 0. The minimum Gasteiger partial charge on any atom is -0.310 e. The molecule has 0 N–H and O–H groups in total. The average Bonchev–Trinajstić information content (AvgIpc) is 3.75. The number of nitrogens with zero attached hydrogens (tertiary/aromatic N) is 1. The third-order valence-electron chi connectivity index (χ3n) is 11.3. The van der Waals surface area contributed by atoms with Gasteiger partial charge in [0.25, 0.3) is 0 Å². The number of fused-ring (bicyclic) bond motifs is 9. The molecule has 0 aliphatic heterocycles. The SMILES string of the molecule is c1ccc(N(c2ccccc2)c2ccc3cc(C4(c5ccc6ccccc6c5)c5ccccc5-c5c4ccc4c5sc5ccccc54)ccc3c2)cc1. The molecule has 1 nitrogen and oxygen atoms in total. The summed E-state index contributed by atoms with van der Waals surface area (Å²) in [5.41, 5.74) is 10.8. The van der Waals surface area contributed by atoms with Gasteiger partial charge in [-0.1, -0.05) is 146 Å². The van der Waals surface area contributed by atoms with Crippen molar-refractivity contribution in [2.75, 3.05) is 4.90 Å². The minimum absolute atomic E-state index is 0.507. The highest BCUT2D eigenvalue weighted by molar-refractivity contribution is 7.26. The van der Waals surface area contributed by atoms with Crippen molar-refractivity contribution in [1.29, 1.82) is 0 Å². The van der Waals surface area contributed by atoms with Crippen LogP contribution in [0.15, 0.2) is 200 Å². The van der Waals surface area contributed by atoms with E-state index in [9.17, 15) is 0 Å². The summed E-state index contributed by atoms with van der Waals surface area (Å²) in [7, 11) is 0. The molecule has 1 atom stereocenters. The molecule has 0 spiro atoms. The topological polar surface area (TPSA) is 3.24 Å². The van der Waals surface area contributed by atoms with E-state index in [1.54, 1.807) is 0 Å². The molecule has 2 heteroatoms. The second-order valence-electron chi connectivity index (χ2n) is 14.1. The van der Waals surface area contributed by atoms with Crippen LogP contribution in [0.25, 0.3) is 52.8 Å². The zero-order valence-electron chi connectivity index (χ0n) is 28.9. The fourth-order valence-electron chi connectivity index (χ4n) is 8.96. The summed E-state index contributed by atoms with van der Waals surface area (Å²) in [5, 5.41) is 7.61. The van der Waals surface area contributed by atoms with Crippen molar-refractivity contribution in [1.82, 2.24) is 0 Å². The zero-order valence-corrected chi connectivity index (χ0v) is 29.7. The van der Waals surface area contributed by atoms with Gasteiger partial charge in [0.2, 0.25) is 0 Å². The van der Waals surface area contributed by atoms with Gasteiger partial charge in [0.05, 0.1) is 5.41 Å². The van der Waals surface area contributed by atoms with Crippen molar-refractivity contribution in [3.05, 3.63) is 222 Å². The molecule has 248 valence electrons. The average molecular weight is 692 g/mol. The van der Waals surface area contributed by atoms with E-state index in [0.717, 1.165) is 17.1 Å². The monoisotopic (exact) mass is 691 g/mol. The zero-order chi connectivity index (χ0) is 34.9. The molecule has 1 aliphatic carbocycles. The van der Waals surface area contributed by atoms with Gasteiger partial charge < -0.3 is 4.90 Å². The first-order valence-electron chi connectivity index (χ1n) is 18.3. The van der Waals surface area contributed by atoms with Crippen LogP contribution in [0, 0.1) is 0 Å². The van der Waals surface area contributed by atoms with E-state index >= 15 is 0 Å². The van der Waals surface area contributed by atoms with E-state index in [-0.39, 0.29) is 0 Å². The van der Waals surface area contributed by atoms with Gasteiger partial charge in [-0.25, -0.2) is 0 Å². The van der Waals surface area contributed by atoms with Gasteiger partial charge in [-0.2, -0.15) is 0 Å². The predicted molar refractivity (Wildman–Crippen MR) is 226 cm³/mol. The smallest absolute Gasteiger partial charge is 0.0714 e. The molecule has 1 aliphatic rings. The maximum Gasteiger partial charge on any atom is 0.0714 e. The first-order chi connectivity index (χ1) is 26.3. The van der Waals surface area contributed by atoms with Crippen molar-refractivity contribution in [3.63, 3.8) is 0 Å². The molecule has 9 aromatic carbocycles. The molecule has 11 rings (SSSR count). The molecule has 0 saturated carbocycles. The summed E-state index contributed by atoms with van der Waals surface area (Å²) >= 11 is 1.92. The van der Waals surface area contributed by atoms with Gasteiger partial charge >= 0.3 is 0 Å². The molecular weight excluding hydrogens is 659 g/mol. The van der Waals surface area contributed by atoms with Gasteiger partial charge in [0, 0.05) is 42.8 Å². The Balaban J connectivity index is 1.17. The van der Waals surface area contributed by atoms with E-state index in [1.807, 2.05) is 11.3 Å². The third-order valence-corrected chi connectivity index (χ3v) is 12.5. The van der Waals surface area contributed by atoms with E-state index in [1.165, 1.54) is 75.1 Å². The molecule has 0 fully saturated rings. The summed E-state index contributed by atoms with van der Waals surface area (Å²) in [5.74, 6) is 0. The lowest BCUT2D eigenvalue weighted by Gasteiger charge is -2.34. The Kier molecular flexibility index (Phi) is 6.71. The van der Waals surface area contributed by atoms with Gasteiger partial charge in [-0.05, 0) is 104 Å². The largest absolute Gasteiger partial charge is 0.310 e. The molecule has 1 aromatic heterocycles. The quantitative estimate of drug-likeness (QED) is 0.174. The Morgan fingerprint density at radius 1 is 0.377 bits per heavy atom. The van der Waals surface area contributed by atoms with E-state index < -0.39 is 5.41 Å². The lowest BCUT2D eigenvalue weighted by Crippen LogP contribution is -2.28. The van der Waals surface area contributed by atoms with Crippen LogP contribution in [0.4, 0.5) is 17.1 Å². The lowest BCUT2D eigenvalue weighted by atomic mass is 9.67. The number of hydrogen-bond acceptors (Lipinski definition) is 2. The summed E-state index contributed by atoms with van der Waals surface area (Å²) in [4.78, 5) is 2.34. The Morgan fingerprint density at radius 3 is 1.74 bits per heavy atom. The Hall–Kier alpha value is -6.48. The van der Waals surface area contributed by atoms with Crippen molar-refractivity contribution < 1.29 is 0 Å². The summed E-state index contributed by atoms with van der Waals surface area (Å²) in [6, 6.07) is 74.0. The standard InChI is InChI=1S/C51H33NS/c1-3-15-40(16-4-1)52(41-17-5-2-6-18-41)42-28-25-36-32-39(27-24-37(36)33-42)51(38-26-23-34-13-7-8-14-35(34)31-38)46-21-11-9-20-45(46)49-47(51)30-29-44-43-19-10-12-22-48(43)53-50(44)49/h1-33H. The molecular formula is C51H33NS. The van der Waals surface area contributed by atoms with Crippen LogP contribution in [0.5, 0.6) is 0 Å². The fourth-order valence-corrected chi connectivity index (χ4v) is 10.2. The number of benzene rings is 9. The van der Waals surface area contributed by atoms with Crippen LogP contribution in [0.2, 0.25) is 0 Å². The van der Waals surface area contributed by atoms with Crippen LogP contribution >= 0.6 is 11.3 Å². The summed E-state index contributed by atoms with van der Waals surface area (Å²) < 4.78 is 2.70.